The number of carboxylic acids is 1. The van der Waals surface area contributed by atoms with Crippen LogP contribution in [0.15, 0.2) is 12.7 Å². The summed E-state index contributed by atoms with van der Waals surface area (Å²) in [4.78, 5) is 9.14. The van der Waals surface area contributed by atoms with Crippen molar-refractivity contribution in [2.75, 3.05) is 52.9 Å². The molecule has 0 aliphatic carbocycles. The first kappa shape index (κ1) is 27.8. The van der Waals surface area contributed by atoms with E-state index in [0.29, 0.717) is 26.4 Å². The standard InChI is InChI=1S/C8H18O.C6H14O4.C3H4O2/c1-3-5-7-9-8-6-4-2;7-1-3-9-5-6-10-4-2-8;1-2-3(4)5/h3-8H2,1-2H3;7-8H,1-6H2;2H,1H2,(H,4,5)/p-1. The number of aliphatic hydroxyl groups is 2. The number of hydrogen-bond acceptors (Lipinski definition) is 7. The van der Waals surface area contributed by atoms with Crippen LogP contribution in [0.25, 0.3) is 0 Å². The highest BCUT2D eigenvalue weighted by Crippen LogP contribution is 1.91. The summed E-state index contributed by atoms with van der Waals surface area (Å²) < 4.78 is 15.1. The van der Waals surface area contributed by atoms with E-state index < -0.39 is 5.97 Å². The Kier molecular flexibility index (Phi) is 34.7. The van der Waals surface area contributed by atoms with Crippen molar-refractivity contribution in [1.29, 1.82) is 0 Å². The number of unbranched alkanes of at least 4 members (excludes halogenated alkanes) is 2. The normalized spacial score (nSPS) is 9.33. The van der Waals surface area contributed by atoms with Crippen molar-refractivity contribution >= 4 is 5.97 Å². The molecule has 0 saturated heterocycles. The van der Waals surface area contributed by atoms with E-state index in [1.807, 2.05) is 0 Å². The second kappa shape index (κ2) is 30.0. The minimum Gasteiger partial charge on any atom is -0.545 e. The maximum Gasteiger partial charge on any atom is 0.0701 e. The number of hydrogen-bond donors (Lipinski definition) is 2. The Bertz CT molecular complexity index is 221. The van der Waals surface area contributed by atoms with Gasteiger partial charge in [-0.25, -0.2) is 0 Å². The molecule has 2 N–H and O–H groups in total. The van der Waals surface area contributed by atoms with E-state index in [2.05, 4.69) is 20.4 Å². The lowest BCUT2D eigenvalue weighted by Crippen LogP contribution is -2.17. The monoisotopic (exact) mass is 351 g/mol. The average Bonchev–Trinajstić information content (AvgIpc) is 2.59. The molecule has 7 heteroatoms. The summed E-state index contributed by atoms with van der Waals surface area (Å²) in [6.07, 6.45) is 5.63. The smallest absolute Gasteiger partial charge is 0.0701 e. The summed E-state index contributed by atoms with van der Waals surface area (Å²) in [5, 5.41) is 25.7. The maximum atomic E-state index is 9.14. The van der Waals surface area contributed by atoms with Crippen LogP contribution in [0.5, 0.6) is 0 Å². The lowest BCUT2D eigenvalue weighted by molar-refractivity contribution is -0.297. The Morgan fingerprint density at radius 3 is 1.46 bits per heavy atom. The van der Waals surface area contributed by atoms with Crippen LogP contribution >= 0.6 is 0 Å². The van der Waals surface area contributed by atoms with E-state index in [1.54, 1.807) is 0 Å². The number of aliphatic carboxylic acids is 1. The summed E-state index contributed by atoms with van der Waals surface area (Å²) in [5.41, 5.74) is 0. The third kappa shape index (κ3) is 42.9. The van der Waals surface area contributed by atoms with Gasteiger partial charge in [0.25, 0.3) is 0 Å². The summed E-state index contributed by atoms with van der Waals surface area (Å²) in [6.45, 7) is 10.9. The molecule has 0 aromatic heterocycles. The van der Waals surface area contributed by atoms with Crippen LogP contribution in [0.3, 0.4) is 0 Å². The second-order valence-corrected chi connectivity index (χ2v) is 4.51. The Hall–Kier alpha value is -0.990. The van der Waals surface area contributed by atoms with Crippen LogP contribution in [0.1, 0.15) is 39.5 Å². The van der Waals surface area contributed by atoms with Crippen molar-refractivity contribution < 1.29 is 34.3 Å². The lowest BCUT2D eigenvalue weighted by Gasteiger charge is -2.01. The highest BCUT2D eigenvalue weighted by molar-refractivity contribution is 5.76. The number of carbonyl (C=O) groups excluding carboxylic acids is 1. The third-order valence-electron chi connectivity index (χ3n) is 2.29. The van der Waals surface area contributed by atoms with Crippen molar-refractivity contribution in [3.63, 3.8) is 0 Å². The number of carboxylic acid groups (broad SMARTS) is 1. The molecule has 146 valence electrons. The molecule has 0 fully saturated rings. The summed E-state index contributed by atoms with van der Waals surface area (Å²) in [7, 11) is 0. The van der Waals surface area contributed by atoms with Gasteiger partial charge in [0.1, 0.15) is 0 Å². The molecule has 0 aromatic rings. The van der Waals surface area contributed by atoms with E-state index in [0.717, 1.165) is 19.3 Å². The quantitative estimate of drug-likeness (QED) is 0.347. The number of aliphatic hydroxyl groups excluding tert-OH is 2. The predicted molar refractivity (Wildman–Crippen MR) is 91.6 cm³/mol. The molecule has 0 saturated carbocycles. The molecule has 24 heavy (non-hydrogen) atoms. The zero-order valence-electron chi connectivity index (χ0n) is 15.2. The fourth-order valence-electron chi connectivity index (χ4n) is 1.05. The minimum absolute atomic E-state index is 0.0417. The molecule has 0 rings (SSSR count). The molecule has 0 aromatic carbocycles. The van der Waals surface area contributed by atoms with Crippen LogP contribution < -0.4 is 5.11 Å². The van der Waals surface area contributed by atoms with Gasteiger partial charge in [-0.2, -0.15) is 0 Å². The lowest BCUT2D eigenvalue weighted by atomic mass is 10.3. The SMILES string of the molecule is C=CC(=O)[O-].CCCCOCCCC.OCCOCCOCCO. The van der Waals surface area contributed by atoms with Gasteiger partial charge in [0.05, 0.1) is 45.6 Å². The van der Waals surface area contributed by atoms with Gasteiger partial charge in [0.15, 0.2) is 0 Å². The van der Waals surface area contributed by atoms with Crippen molar-refractivity contribution in [3.8, 4) is 0 Å². The zero-order chi connectivity index (χ0) is 18.9. The highest BCUT2D eigenvalue weighted by atomic mass is 16.5. The minimum atomic E-state index is -1.23. The molecule has 0 atom stereocenters. The van der Waals surface area contributed by atoms with Crippen molar-refractivity contribution in [2.45, 2.75) is 39.5 Å². The average molecular weight is 351 g/mol. The first-order valence-electron chi connectivity index (χ1n) is 8.38. The van der Waals surface area contributed by atoms with E-state index in [9.17, 15) is 0 Å². The highest BCUT2D eigenvalue weighted by Gasteiger charge is 1.86. The van der Waals surface area contributed by atoms with Gasteiger partial charge in [-0.05, 0) is 18.9 Å². The molecule has 0 amide bonds. The molecule has 0 unspecified atom stereocenters. The zero-order valence-corrected chi connectivity index (χ0v) is 15.2. The Morgan fingerprint density at radius 2 is 1.21 bits per heavy atom. The van der Waals surface area contributed by atoms with Crippen molar-refractivity contribution in [1.82, 2.24) is 0 Å². The molecular weight excluding hydrogens is 316 g/mol. The topological polar surface area (TPSA) is 108 Å². The van der Waals surface area contributed by atoms with Crippen LogP contribution in [0.4, 0.5) is 0 Å². The number of ether oxygens (including phenoxy) is 3. The van der Waals surface area contributed by atoms with Gasteiger partial charge >= 0.3 is 0 Å². The van der Waals surface area contributed by atoms with Gasteiger partial charge in [-0.3, -0.25) is 0 Å². The summed E-state index contributed by atoms with van der Waals surface area (Å²) in [5.74, 6) is -1.23. The van der Waals surface area contributed by atoms with Crippen molar-refractivity contribution in [3.05, 3.63) is 12.7 Å². The Labute approximate surface area is 146 Å². The van der Waals surface area contributed by atoms with Gasteiger partial charge < -0.3 is 34.3 Å². The molecule has 7 nitrogen and oxygen atoms in total. The molecule has 0 radical (unpaired) electrons. The fourth-order valence-corrected chi connectivity index (χ4v) is 1.05. The third-order valence-corrected chi connectivity index (χ3v) is 2.29. The number of carbonyl (C=O) groups is 1. The number of rotatable bonds is 14. The van der Waals surface area contributed by atoms with Gasteiger partial charge in [0.2, 0.25) is 0 Å². The molecule has 0 heterocycles. The van der Waals surface area contributed by atoms with E-state index in [4.69, 9.17) is 34.3 Å². The molecule has 0 aliphatic rings. The van der Waals surface area contributed by atoms with E-state index in [-0.39, 0.29) is 13.2 Å². The van der Waals surface area contributed by atoms with Crippen molar-refractivity contribution in [2.24, 2.45) is 0 Å². The fraction of sp³-hybridized carbons (Fsp3) is 0.824. The Morgan fingerprint density at radius 1 is 0.875 bits per heavy atom. The predicted octanol–water partition coefficient (Wildman–Crippen LogP) is 0.530. The van der Waals surface area contributed by atoms with Crippen LogP contribution in [0, 0.1) is 0 Å². The second-order valence-electron chi connectivity index (χ2n) is 4.51. The summed E-state index contributed by atoms with van der Waals surface area (Å²) >= 11 is 0. The molecule has 0 spiro atoms. The first-order chi connectivity index (χ1) is 11.6. The van der Waals surface area contributed by atoms with E-state index >= 15 is 0 Å². The van der Waals surface area contributed by atoms with Crippen LogP contribution in [-0.4, -0.2) is 69.0 Å². The maximum absolute atomic E-state index is 9.14. The Balaban J connectivity index is -0.000000291. The van der Waals surface area contributed by atoms with Gasteiger partial charge in [-0.1, -0.05) is 33.3 Å². The summed E-state index contributed by atoms with van der Waals surface area (Å²) in [6, 6.07) is 0. The van der Waals surface area contributed by atoms with E-state index in [1.165, 1.54) is 25.7 Å². The van der Waals surface area contributed by atoms with Crippen LogP contribution in [-0.2, 0) is 19.0 Å². The largest absolute Gasteiger partial charge is 0.545 e. The molecule has 0 aliphatic heterocycles. The molecular formula is C17H35O7-. The van der Waals surface area contributed by atoms with Crippen LogP contribution in [0.2, 0.25) is 0 Å². The van der Waals surface area contributed by atoms with Gasteiger partial charge in [-0.15, -0.1) is 0 Å². The molecule has 0 bridgehead atoms. The van der Waals surface area contributed by atoms with Gasteiger partial charge in [0, 0.05) is 13.2 Å². The first-order valence-corrected chi connectivity index (χ1v) is 8.38.